The second kappa shape index (κ2) is 5.46. The molecule has 4 nitrogen and oxygen atoms in total. The summed E-state index contributed by atoms with van der Waals surface area (Å²) >= 11 is 1.29. The number of nitrogens with one attached hydrogen (secondary N) is 1. The summed E-state index contributed by atoms with van der Waals surface area (Å²) in [6, 6.07) is 7.08. The molecule has 0 unspecified atom stereocenters. The number of benzene rings is 1. The molecule has 2 rings (SSSR count). The summed E-state index contributed by atoms with van der Waals surface area (Å²) in [4.78, 5) is 1.05. The average molecular weight is 310 g/mol. The first-order valence-electron chi connectivity index (χ1n) is 6.32. The van der Waals surface area contributed by atoms with Crippen molar-refractivity contribution in [2.45, 2.75) is 31.4 Å². The van der Waals surface area contributed by atoms with Crippen LogP contribution in [0.15, 0.2) is 28.5 Å². The minimum atomic E-state index is -3.55. The molecule has 0 atom stereocenters. The fourth-order valence-corrected chi connectivity index (χ4v) is 4.39. The smallest absolute Gasteiger partial charge is 0.271 e. The predicted octanol–water partition coefficient (Wildman–Crippen LogP) is 3.31. The summed E-state index contributed by atoms with van der Waals surface area (Å²) in [7, 11) is -3.55. The number of aryl methyl sites for hydroxylation is 2. The molecule has 0 saturated carbocycles. The fraction of sp³-hybridized carbons (Fsp3) is 0.286. The normalized spacial score (nSPS) is 11.6. The summed E-state index contributed by atoms with van der Waals surface area (Å²) in [5, 5.41) is 0. The molecule has 0 aliphatic carbocycles. The lowest BCUT2D eigenvalue weighted by Crippen LogP contribution is -2.14. The highest BCUT2D eigenvalue weighted by molar-refractivity contribution is 7.94. The van der Waals surface area contributed by atoms with E-state index in [0.717, 1.165) is 22.4 Å². The molecule has 0 aliphatic rings. The van der Waals surface area contributed by atoms with Crippen LogP contribution >= 0.6 is 11.3 Å². The van der Waals surface area contributed by atoms with Crippen molar-refractivity contribution in [1.82, 2.24) is 0 Å². The topological polar surface area (TPSA) is 72.2 Å². The fourth-order valence-electron chi connectivity index (χ4n) is 1.90. The Morgan fingerprint density at radius 1 is 1.20 bits per heavy atom. The zero-order chi connectivity index (χ0) is 14.9. The Bertz CT molecular complexity index is 734. The first kappa shape index (κ1) is 14.9. The summed E-state index contributed by atoms with van der Waals surface area (Å²) in [5.74, 6) is 0. The molecule has 0 radical (unpaired) electrons. The molecule has 3 N–H and O–H groups in total. The second-order valence-corrected chi connectivity index (χ2v) is 7.73. The highest BCUT2D eigenvalue weighted by atomic mass is 32.2. The minimum Gasteiger partial charge on any atom is -0.398 e. The van der Waals surface area contributed by atoms with Gasteiger partial charge in [0.25, 0.3) is 10.0 Å². The minimum absolute atomic E-state index is 0.329. The van der Waals surface area contributed by atoms with Crippen LogP contribution in [0.4, 0.5) is 11.4 Å². The maximum absolute atomic E-state index is 12.4. The van der Waals surface area contributed by atoms with Gasteiger partial charge in [0.1, 0.15) is 4.21 Å². The van der Waals surface area contributed by atoms with Gasteiger partial charge < -0.3 is 5.73 Å². The lowest BCUT2D eigenvalue weighted by molar-refractivity contribution is 0.603. The molecular formula is C14H18N2O2S2. The molecule has 20 heavy (non-hydrogen) atoms. The Balaban J connectivity index is 2.41. The van der Waals surface area contributed by atoms with Gasteiger partial charge in [-0.25, -0.2) is 8.42 Å². The van der Waals surface area contributed by atoms with E-state index in [2.05, 4.69) is 4.72 Å². The monoisotopic (exact) mass is 310 g/mol. The van der Waals surface area contributed by atoms with Gasteiger partial charge in [0, 0.05) is 10.6 Å². The molecule has 108 valence electrons. The molecule has 0 bridgehead atoms. The number of nitrogens with two attached hydrogens (primary N) is 1. The van der Waals surface area contributed by atoms with Crippen molar-refractivity contribution in [3.8, 4) is 0 Å². The third-order valence-electron chi connectivity index (χ3n) is 3.20. The molecular weight excluding hydrogens is 292 g/mol. The third kappa shape index (κ3) is 2.81. The first-order chi connectivity index (χ1) is 9.35. The Labute approximate surface area is 123 Å². The number of nitrogen functional groups attached to an aromatic ring is 1. The third-order valence-corrected chi connectivity index (χ3v) is 6.27. The van der Waals surface area contributed by atoms with E-state index < -0.39 is 10.0 Å². The van der Waals surface area contributed by atoms with Crippen LogP contribution in [0.1, 0.15) is 22.9 Å². The zero-order valence-electron chi connectivity index (χ0n) is 11.7. The van der Waals surface area contributed by atoms with Gasteiger partial charge in [-0.1, -0.05) is 13.0 Å². The molecule has 0 amide bonds. The summed E-state index contributed by atoms with van der Waals surface area (Å²) in [6.45, 7) is 5.67. The maximum Gasteiger partial charge on any atom is 0.271 e. The summed E-state index contributed by atoms with van der Waals surface area (Å²) in [6.07, 6.45) is 0.830. The molecule has 0 fully saturated rings. The number of hydrogen-bond donors (Lipinski definition) is 2. The molecule has 0 saturated heterocycles. The van der Waals surface area contributed by atoms with Crippen molar-refractivity contribution in [2.24, 2.45) is 0 Å². The van der Waals surface area contributed by atoms with Crippen LogP contribution in [0.25, 0.3) is 0 Å². The van der Waals surface area contributed by atoms with E-state index in [1.165, 1.54) is 11.3 Å². The molecule has 1 aromatic carbocycles. The van der Waals surface area contributed by atoms with E-state index in [4.69, 9.17) is 5.73 Å². The largest absolute Gasteiger partial charge is 0.398 e. The summed E-state index contributed by atoms with van der Waals surface area (Å²) < 4.78 is 27.8. The van der Waals surface area contributed by atoms with Crippen LogP contribution < -0.4 is 10.5 Å². The Kier molecular flexibility index (Phi) is 4.06. The zero-order valence-corrected chi connectivity index (χ0v) is 13.4. The Morgan fingerprint density at radius 2 is 1.90 bits per heavy atom. The number of hydrogen-bond acceptors (Lipinski definition) is 4. The highest BCUT2D eigenvalue weighted by Gasteiger charge is 2.19. The van der Waals surface area contributed by atoms with Gasteiger partial charge in [-0.2, -0.15) is 0 Å². The van der Waals surface area contributed by atoms with Crippen molar-refractivity contribution in [1.29, 1.82) is 0 Å². The van der Waals surface area contributed by atoms with Crippen molar-refractivity contribution >= 4 is 32.7 Å². The molecule has 1 aromatic heterocycles. The Morgan fingerprint density at radius 3 is 2.50 bits per heavy atom. The number of sulfonamides is 1. The van der Waals surface area contributed by atoms with E-state index in [-0.39, 0.29) is 0 Å². The van der Waals surface area contributed by atoms with Crippen LogP contribution in [0.3, 0.4) is 0 Å². The van der Waals surface area contributed by atoms with E-state index in [0.29, 0.717) is 15.6 Å². The van der Waals surface area contributed by atoms with Gasteiger partial charge in [-0.15, -0.1) is 11.3 Å². The molecule has 2 aromatic rings. The van der Waals surface area contributed by atoms with Crippen LogP contribution in [0.5, 0.6) is 0 Å². The first-order valence-corrected chi connectivity index (χ1v) is 8.62. The predicted molar refractivity (Wildman–Crippen MR) is 84.8 cm³/mol. The molecule has 0 spiro atoms. The van der Waals surface area contributed by atoms with Crippen LogP contribution in [-0.4, -0.2) is 8.42 Å². The van der Waals surface area contributed by atoms with Crippen molar-refractivity contribution in [2.75, 3.05) is 10.5 Å². The number of rotatable bonds is 4. The van der Waals surface area contributed by atoms with Gasteiger partial charge in [-0.3, -0.25) is 4.72 Å². The van der Waals surface area contributed by atoms with Crippen LogP contribution in [0.2, 0.25) is 0 Å². The van der Waals surface area contributed by atoms with Crippen molar-refractivity contribution < 1.29 is 8.42 Å². The van der Waals surface area contributed by atoms with Crippen molar-refractivity contribution in [3.63, 3.8) is 0 Å². The summed E-state index contributed by atoms with van der Waals surface area (Å²) in [5.41, 5.74) is 8.59. The van der Waals surface area contributed by atoms with Gasteiger partial charge >= 0.3 is 0 Å². The quantitative estimate of drug-likeness (QED) is 0.851. The second-order valence-electron chi connectivity index (χ2n) is 4.65. The molecule has 1 heterocycles. The van der Waals surface area contributed by atoms with E-state index in [1.54, 1.807) is 12.1 Å². The lowest BCUT2D eigenvalue weighted by atomic mass is 10.1. The van der Waals surface area contributed by atoms with Crippen LogP contribution in [0, 0.1) is 13.8 Å². The molecule has 6 heteroatoms. The number of anilines is 2. The van der Waals surface area contributed by atoms with Gasteiger partial charge in [-0.05, 0) is 49.6 Å². The van der Waals surface area contributed by atoms with Gasteiger partial charge in [0.2, 0.25) is 0 Å². The van der Waals surface area contributed by atoms with Gasteiger partial charge in [0.15, 0.2) is 0 Å². The van der Waals surface area contributed by atoms with Gasteiger partial charge in [0.05, 0.1) is 5.69 Å². The standard InChI is InChI=1S/C14H18N2O2S2/c1-4-11-6-8-13(19-11)20(17,18)16-14-9(2)5-7-12(15)10(14)3/h5-8,16H,4,15H2,1-3H3. The van der Waals surface area contributed by atoms with E-state index >= 15 is 0 Å². The number of thiophene rings is 1. The SMILES string of the molecule is CCc1ccc(S(=O)(=O)Nc2c(C)ccc(N)c2C)s1. The lowest BCUT2D eigenvalue weighted by Gasteiger charge is -2.14. The highest BCUT2D eigenvalue weighted by Crippen LogP contribution is 2.29. The molecule has 0 aliphatic heterocycles. The maximum atomic E-state index is 12.4. The Hall–Kier alpha value is -1.53. The van der Waals surface area contributed by atoms with Crippen LogP contribution in [-0.2, 0) is 16.4 Å². The van der Waals surface area contributed by atoms with E-state index in [9.17, 15) is 8.42 Å². The van der Waals surface area contributed by atoms with E-state index in [1.807, 2.05) is 32.9 Å². The van der Waals surface area contributed by atoms with Crippen molar-refractivity contribution in [3.05, 3.63) is 40.3 Å². The average Bonchev–Trinajstić information content (AvgIpc) is 2.89.